The minimum atomic E-state index is -0.254. The van der Waals surface area contributed by atoms with E-state index >= 15 is 0 Å². The molecule has 74 valence electrons. The highest BCUT2D eigenvalue weighted by molar-refractivity contribution is 7.99. The molecule has 1 fully saturated rings. The number of thioether (sulfide) groups is 1. The van der Waals surface area contributed by atoms with Crippen LogP contribution in [0.25, 0.3) is 0 Å². The first-order valence-corrected chi connectivity index (χ1v) is 6.21. The van der Waals surface area contributed by atoms with Crippen LogP contribution in [0.5, 0.6) is 0 Å². The lowest BCUT2D eigenvalue weighted by Gasteiger charge is -2.08. The molecule has 2 N–H and O–H groups in total. The van der Waals surface area contributed by atoms with Gasteiger partial charge in [0.2, 0.25) is 0 Å². The zero-order valence-electron chi connectivity index (χ0n) is 8.04. The molecule has 1 aliphatic carbocycles. The molecule has 0 heterocycles. The van der Waals surface area contributed by atoms with E-state index in [4.69, 9.17) is 11.0 Å². The molecule has 1 saturated carbocycles. The van der Waals surface area contributed by atoms with Gasteiger partial charge in [-0.2, -0.15) is 17.0 Å². The van der Waals surface area contributed by atoms with E-state index in [-0.39, 0.29) is 6.04 Å². The highest BCUT2D eigenvalue weighted by Gasteiger charge is 2.14. The molecule has 1 atom stereocenters. The summed E-state index contributed by atoms with van der Waals surface area (Å²) in [6, 6.07) is 1.80. The van der Waals surface area contributed by atoms with Crippen molar-refractivity contribution in [2.45, 2.75) is 38.1 Å². The van der Waals surface area contributed by atoms with Gasteiger partial charge in [0.15, 0.2) is 0 Å². The first kappa shape index (κ1) is 10.9. The van der Waals surface area contributed by atoms with Crippen molar-refractivity contribution >= 4 is 11.8 Å². The first-order chi connectivity index (χ1) is 6.33. The van der Waals surface area contributed by atoms with Gasteiger partial charge in [-0.15, -0.1) is 0 Å². The molecular weight excluding hydrogens is 180 g/mol. The average Bonchev–Trinajstić information content (AvgIpc) is 2.64. The fourth-order valence-electron chi connectivity index (χ4n) is 1.70. The van der Waals surface area contributed by atoms with Gasteiger partial charge in [0.1, 0.15) is 0 Å². The van der Waals surface area contributed by atoms with Crippen LogP contribution in [0, 0.1) is 17.2 Å². The Labute approximate surface area is 84.9 Å². The van der Waals surface area contributed by atoms with Gasteiger partial charge in [-0.05, 0) is 36.7 Å². The number of hydrogen-bond donors (Lipinski definition) is 1. The maximum Gasteiger partial charge on any atom is 0.0935 e. The quantitative estimate of drug-likeness (QED) is 0.689. The summed E-state index contributed by atoms with van der Waals surface area (Å²) in [5.74, 6) is 3.27. The lowest BCUT2D eigenvalue weighted by molar-refractivity contribution is 0.622. The second-order valence-electron chi connectivity index (χ2n) is 3.75. The Balaban J connectivity index is 1.92. The van der Waals surface area contributed by atoms with Gasteiger partial charge in [-0.1, -0.05) is 12.8 Å². The molecule has 0 amide bonds. The summed E-state index contributed by atoms with van der Waals surface area (Å²) >= 11 is 1.96. The maximum absolute atomic E-state index is 8.46. The summed E-state index contributed by atoms with van der Waals surface area (Å²) in [7, 11) is 0. The Morgan fingerprint density at radius 2 is 2.15 bits per heavy atom. The molecule has 1 rings (SSSR count). The van der Waals surface area contributed by atoms with Crippen LogP contribution >= 0.6 is 11.8 Å². The van der Waals surface area contributed by atoms with E-state index in [1.54, 1.807) is 0 Å². The topological polar surface area (TPSA) is 49.8 Å². The number of nitriles is 1. The summed E-state index contributed by atoms with van der Waals surface area (Å²) in [4.78, 5) is 0. The molecule has 13 heavy (non-hydrogen) atoms. The van der Waals surface area contributed by atoms with Gasteiger partial charge in [0, 0.05) is 0 Å². The third-order valence-corrected chi connectivity index (χ3v) is 3.80. The van der Waals surface area contributed by atoms with Crippen LogP contribution in [0.4, 0.5) is 0 Å². The second kappa shape index (κ2) is 6.28. The number of nitrogens with zero attached hydrogens (tertiary/aromatic N) is 1. The van der Waals surface area contributed by atoms with Crippen LogP contribution in [-0.4, -0.2) is 17.5 Å². The molecule has 1 aliphatic rings. The molecule has 0 aliphatic heterocycles. The Hall–Kier alpha value is -0.200. The maximum atomic E-state index is 8.46. The van der Waals surface area contributed by atoms with Gasteiger partial charge in [-0.25, -0.2) is 0 Å². The van der Waals surface area contributed by atoms with E-state index in [1.807, 2.05) is 11.8 Å². The Kier molecular flexibility index (Phi) is 5.26. The normalized spacial score (nSPS) is 20.0. The largest absolute Gasteiger partial charge is 0.316 e. The van der Waals surface area contributed by atoms with Crippen molar-refractivity contribution < 1.29 is 0 Å². The molecule has 0 aromatic carbocycles. The molecular formula is C10H18N2S. The summed E-state index contributed by atoms with van der Waals surface area (Å²) in [6.45, 7) is 0. The Morgan fingerprint density at radius 3 is 2.77 bits per heavy atom. The molecule has 0 saturated heterocycles. The monoisotopic (exact) mass is 198 g/mol. The minimum absolute atomic E-state index is 0.254. The van der Waals surface area contributed by atoms with Crippen LogP contribution in [0.1, 0.15) is 32.1 Å². The summed E-state index contributed by atoms with van der Waals surface area (Å²) in [5.41, 5.74) is 5.49. The number of nitrogens with two attached hydrogens (primary N) is 1. The van der Waals surface area contributed by atoms with Crippen molar-refractivity contribution in [2.75, 3.05) is 11.5 Å². The van der Waals surface area contributed by atoms with Crippen molar-refractivity contribution in [1.82, 2.24) is 0 Å². The van der Waals surface area contributed by atoms with E-state index in [0.717, 1.165) is 18.1 Å². The van der Waals surface area contributed by atoms with Gasteiger partial charge in [0.25, 0.3) is 0 Å². The van der Waals surface area contributed by atoms with E-state index in [9.17, 15) is 0 Å². The third kappa shape index (κ3) is 4.54. The fraction of sp³-hybridized carbons (Fsp3) is 0.900. The zero-order chi connectivity index (χ0) is 9.52. The standard InChI is InChI=1S/C10H18N2S/c11-7-10(12)5-6-13-8-9-3-1-2-4-9/h9-10H,1-6,8,12H2. The lowest BCUT2D eigenvalue weighted by Crippen LogP contribution is -2.17. The van der Waals surface area contributed by atoms with Crippen molar-refractivity contribution in [3.8, 4) is 6.07 Å². The minimum Gasteiger partial charge on any atom is -0.316 e. The number of hydrogen-bond acceptors (Lipinski definition) is 3. The third-order valence-electron chi connectivity index (χ3n) is 2.57. The molecule has 0 radical (unpaired) electrons. The van der Waals surface area contributed by atoms with Gasteiger partial charge < -0.3 is 5.73 Å². The summed E-state index contributed by atoms with van der Waals surface area (Å²) in [6.07, 6.45) is 6.51. The summed E-state index contributed by atoms with van der Waals surface area (Å²) in [5, 5.41) is 8.46. The Morgan fingerprint density at radius 1 is 1.46 bits per heavy atom. The SMILES string of the molecule is N#CC(N)CCSCC1CCCC1. The van der Waals surface area contributed by atoms with Crippen molar-refractivity contribution in [3.05, 3.63) is 0 Å². The van der Waals surface area contributed by atoms with Gasteiger partial charge >= 0.3 is 0 Å². The molecule has 1 unspecified atom stereocenters. The van der Waals surface area contributed by atoms with Gasteiger partial charge in [-0.3, -0.25) is 0 Å². The first-order valence-electron chi connectivity index (χ1n) is 5.06. The van der Waals surface area contributed by atoms with E-state index in [1.165, 1.54) is 31.4 Å². The predicted octanol–water partition coefficient (Wildman–Crippen LogP) is 2.15. The smallest absolute Gasteiger partial charge is 0.0935 e. The van der Waals surface area contributed by atoms with Crippen LogP contribution in [0.3, 0.4) is 0 Å². The molecule has 2 nitrogen and oxygen atoms in total. The van der Waals surface area contributed by atoms with E-state index in [2.05, 4.69) is 6.07 Å². The van der Waals surface area contributed by atoms with Crippen LogP contribution < -0.4 is 5.73 Å². The van der Waals surface area contributed by atoms with Crippen molar-refractivity contribution in [1.29, 1.82) is 5.26 Å². The number of rotatable bonds is 5. The van der Waals surface area contributed by atoms with Crippen LogP contribution in [-0.2, 0) is 0 Å². The summed E-state index contributed by atoms with van der Waals surface area (Å²) < 4.78 is 0. The molecule has 0 bridgehead atoms. The van der Waals surface area contributed by atoms with Crippen molar-refractivity contribution in [2.24, 2.45) is 11.7 Å². The highest BCUT2D eigenvalue weighted by Crippen LogP contribution is 2.27. The second-order valence-corrected chi connectivity index (χ2v) is 4.90. The Bertz CT molecular complexity index is 170. The fourth-order valence-corrected chi connectivity index (χ4v) is 2.96. The van der Waals surface area contributed by atoms with Crippen LogP contribution in [0.15, 0.2) is 0 Å². The predicted molar refractivity (Wildman–Crippen MR) is 57.5 cm³/mol. The van der Waals surface area contributed by atoms with Crippen LogP contribution in [0.2, 0.25) is 0 Å². The lowest BCUT2D eigenvalue weighted by atomic mass is 10.1. The van der Waals surface area contributed by atoms with Gasteiger partial charge in [0.05, 0.1) is 12.1 Å². The average molecular weight is 198 g/mol. The highest BCUT2D eigenvalue weighted by atomic mass is 32.2. The zero-order valence-corrected chi connectivity index (χ0v) is 8.85. The van der Waals surface area contributed by atoms with E-state index < -0.39 is 0 Å². The molecule has 0 aromatic heterocycles. The molecule has 0 aromatic rings. The molecule has 3 heteroatoms. The molecule has 0 spiro atoms. The van der Waals surface area contributed by atoms with Crippen molar-refractivity contribution in [3.63, 3.8) is 0 Å². The van der Waals surface area contributed by atoms with E-state index in [0.29, 0.717) is 0 Å².